The minimum atomic E-state index is -0.130. The summed E-state index contributed by atoms with van der Waals surface area (Å²) in [6.07, 6.45) is 0.748. The topological polar surface area (TPSA) is 129 Å². The first kappa shape index (κ1) is 34.2. The Labute approximate surface area is 244 Å². The van der Waals surface area contributed by atoms with Crippen LogP contribution in [0.3, 0.4) is 0 Å². The Morgan fingerprint density at radius 2 is 1.66 bits per heavy atom. The van der Waals surface area contributed by atoms with Gasteiger partial charge in [0.1, 0.15) is 0 Å². The first-order valence-electron chi connectivity index (χ1n) is 14.4. The van der Waals surface area contributed by atoms with Crippen molar-refractivity contribution in [3.05, 3.63) is 36.0 Å². The average Bonchev–Trinajstić information content (AvgIpc) is 3.31. The molecule has 1 unspecified atom stereocenters. The van der Waals surface area contributed by atoms with Crippen LogP contribution in [0.2, 0.25) is 0 Å². The first-order chi connectivity index (χ1) is 19.8. The average molecular weight is 576 g/mol. The number of ether oxygens (including phenoxy) is 2. The summed E-state index contributed by atoms with van der Waals surface area (Å²) < 4.78 is 13.4. The lowest BCUT2D eigenvalue weighted by molar-refractivity contribution is -0.133. The highest BCUT2D eigenvalue weighted by atomic mass is 16.5. The molecule has 0 spiro atoms. The summed E-state index contributed by atoms with van der Waals surface area (Å²) in [5.74, 6) is -0.103. The SMILES string of the molecule is CCC(=O)NCCNCC(=O)NCCOCCOCCC(=O)N(C)C(C)Cn1c(CN(C)NC)cc2ccccc21. The third-order valence-electron chi connectivity index (χ3n) is 6.81. The molecule has 0 saturated carbocycles. The van der Waals surface area contributed by atoms with Crippen LogP contribution in [0.25, 0.3) is 10.9 Å². The van der Waals surface area contributed by atoms with Crippen LogP contribution in [0.5, 0.6) is 0 Å². The fraction of sp³-hybridized carbons (Fsp3) is 0.621. The zero-order valence-electron chi connectivity index (χ0n) is 25.3. The molecule has 0 aliphatic heterocycles. The standard InChI is InChI=1S/C29H49N7O5/c1-6-27(37)32-13-12-31-20-28(38)33-14-16-41-18-17-40-15-11-29(39)35(5)23(2)21-36-25(22-34(4)30-3)19-24-9-7-8-10-26(24)36/h7-10,19,23,30-31H,6,11-18,20-22H2,1-5H3,(H,32,37)(H,33,38). The van der Waals surface area contributed by atoms with Gasteiger partial charge in [0.2, 0.25) is 17.7 Å². The molecular formula is C29H49N7O5. The van der Waals surface area contributed by atoms with E-state index >= 15 is 0 Å². The molecule has 3 amide bonds. The van der Waals surface area contributed by atoms with Crippen molar-refractivity contribution in [1.29, 1.82) is 0 Å². The Bertz CT molecular complexity index is 1080. The molecule has 41 heavy (non-hydrogen) atoms. The molecule has 2 rings (SSSR count). The van der Waals surface area contributed by atoms with Gasteiger partial charge in [-0.2, -0.15) is 0 Å². The lowest BCUT2D eigenvalue weighted by Gasteiger charge is -2.27. The van der Waals surface area contributed by atoms with Crippen molar-refractivity contribution >= 4 is 28.6 Å². The molecule has 12 nitrogen and oxygen atoms in total. The van der Waals surface area contributed by atoms with Crippen LogP contribution < -0.4 is 21.4 Å². The summed E-state index contributed by atoms with van der Waals surface area (Å²) in [5.41, 5.74) is 5.49. The molecule has 1 aromatic heterocycles. The lowest BCUT2D eigenvalue weighted by atomic mass is 10.2. The number of hydrogen-bond donors (Lipinski definition) is 4. The second kappa shape index (κ2) is 19.2. The Morgan fingerprint density at radius 3 is 2.39 bits per heavy atom. The zero-order chi connectivity index (χ0) is 30.0. The fourth-order valence-electron chi connectivity index (χ4n) is 4.17. The van der Waals surface area contributed by atoms with Gasteiger partial charge in [-0.3, -0.25) is 19.8 Å². The molecule has 1 heterocycles. The number of rotatable bonds is 21. The summed E-state index contributed by atoms with van der Waals surface area (Å²) in [4.78, 5) is 37.5. The van der Waals surface area contributed by atoms with Crippen LogP contribution in [-0.2, 0) is 36.9 Å². The number of likely N-dealkylation sites (N-methyl/N-ethyl adjacent to an activating group) is 1. The zero-order valence-corrected chi connectivity index (χ0v) is 25.3. The van der Waals surface area contributed by atoms with Gasteiger partial charge in [-0.05, 0) is 31.5 Å². The molecule has 2 aromatic rings. The molecule has 0 aliphatic rings. The number of para-hydroxylation sites is 1. The fourth-order valence-corrected chi connectivity index (χ4v) is 4.17. The number of aromatic nitrogens is 1. The molecule has 230 valence electrons. The third kappa shape index (κ3) is 12.6. The van der Waals surface area contributed by atoms with Crippen LogP contribution in [0.15, 0.2) is 30.3 Å². The number of hydrogen-bond acceptors (Lipinski definition) is 8. The maximum absolute atomic E-state index is 12.8. The Hall–Kier alpha value is -3.03. The van der Waals surface area contributed by atoms with Gasteiger partial charge in [0.25, 0.3) is 0 Å². The minimum Gasteiger partial charge on any atom is -0.379 e. The Kier molecular flexibility index (Phi) is 16.0. The number of nitrogens with zero attached hydrogens (tertiary/aromatic N) is 3. The van der Waals surface area contributed by atoms with E-state index in [-0.39, 0.29) is 30.3 Å². The summed E-state index contributed by atoms with van der Waals surface area (Å²) in [5, 5.41) is 11.7. The third-order valence-corrected chi connectivity index (χ3v) is 6.81. The monoisotopic (exact) mass is 575 g/mol. The molecule has 0 radical (unpaired) electrons. The molecule has 12 heteroatoms. The van der Waals surface area contributed by atoms with Gasteiger partial charge in [-0.1, -0.05) is 25.1 Å². The lowest BCUT2D eigenvalue weighted by Crippen LogP contribution is -2.39. The van der Waals surface area contributed by atoms with E-state index in [0.29, 0.717) is 65.4 Å². The molecule has 4 N–H and O–H groups in total. The van der Waals surface area contributed by atoms with Gasteiger partial charge < -0.3 is 34.9 Å². The van der Waals surface area contributed by atoms with Crippen LogP contribution in [0.1, 0.15) is 32.4 Å². The van der Waals surface area contributed by atoms with E-state index in [2.05, 4.69) is 51.1 Å². The minimum absolute atomic E-state index is 0.00705. The highest BCUT2D eigenvalue weighted by Crippen LogP contribution is 2.22. The summed E-state index contributed by atoms with van der Waals surface area (Å²) in [7, 11) is 5.75. The molecule has 0 aliphatic carbocycles. The number of amides is 3. The van der Waals surface area contributed by atoms with Gasteiger partial charge in [0, 0.05) is 63.9 Å². The van der Waals surface area contributed by atoms with Crippen molar-refractivity contribution in [3.63, 3.8) is 0 Å². The van der Waals surface area contributed by atoms with E-state index in [0.717, 1.165) is 12.1 Å². The molecular weight excluding hydrogens is 526 g/mol. The largest absolute Gasteiger partial charge is 0.379 e. The Morgan fingerprint density at radius 1 is 0.951 bits per heavy atom. The second-order valence-electron chi connectivity index (χ2n) is 9.94. The van der Waals surface area contributed by atoms with E-state index in [4.69, 9.17) is 9.47 Å². The molecule has 0 bridgehead atoms. The van der Waals surface area contributed by atoms with Crippen molar-refractivity contribution in [2.24, 2.45) is 0 Å². The van der Waals surface area contributed by atoms with Crippen molar-refractivity contribution in [1.82, 2.24) is 35.9 Å². The molecule has 0 saturated heterocycles. The van der Waals surface area contributed by atoms with Crippen molar-refractivity contribution in [2.45, 2.75) is 45.8 Å². The van der Waals surface area contributed by atoms with Crippen LogP contribution in [-0.4, -0.2) is 112 Å². The first-order valence-corrected chi connectivity index (χ1v) is 14.4. The van der Waals surface area contributed by atoms with Gasteiger partial charge in [-0.25, -0.2) is 5.01 Å². The maximum atomic E-state index is 12.8. The van der Waals surface area contributed by atoms with Crippen molar-refractivity contribution in [3.8, 4) is 0 Å². The smallest absolute Gasteiger partial charge is 0.234 e. The maximum Gasteiger partial charge on any atom is 0.234 e. The van der Waals surface area contributed by atoms with E-state index in [1.165, 1.54) is 11.1 Å². The summed E-state index contributed by atoms with van der Waals surface area (Å²) in [6.45, 7) is 8.37. The highest BCUT2D eigenvalue weighted by molar-refractivity contribution is 5.81. The Balaban J connectivity index is 1.59. The van der Waals surface area contributed by atoms with E-state index < -0.39 is 0 Å². The van der Waals surface area contributed by atoms with Crippen molar-refractivity contribution < 1.29 is 23.9 Å². The number of hydrazine groups is 1. The van der Waals surface area contributed by atoms with E-state index in [1.807, 2.05) is 38.3 Å². The molecule has 1 aromatic carbocycles. The van der Waals surface area contributed by atoms with Gasteiger partial charge in [-0.15, -0.1) is 0 Å². The highest BCUT2D eigenvalue weighted by Gasteiger charge is 2.19. The normalized spacial score (nSPS) is 12.0. The number of carbonyl (C=O) groups excluding carboxylic acids is 3. The van der Waals surface area contributed by atoms with Gasteiger partial charge in [0.15, 0.2) is 0 Å². The summed E-state index contributed by atoms with van der Waals surface area (Å²) in [6, 6.07) is 10.5. The molecule has 1 atom stereocenters. The number of fused-ring (bicyclic) bond motifs is 1. The number of carbonyl (C=O) groups is 3. The van der Waals surface area contributed by atoms with Crippen molar-refractivity contribution in [2.75, 3.05) is 73.7 Å². The van der Waals surface area contributed by atoms with E-state index in [1.54, 1.807) is 11.8 Å². The van der Waals surface area contributed by atoms with Crippen LogP contribution >= 0.6 is 0 Å². The van der Waals surface area contributed by atoms with Crippen LogP contribution in [0, 0.1) is 0 Å². The van der Waals surface area contributed by atoms with E-state index in [9.17, 15) is 14.4 Å². The summed E-state index contributed by atoms with van der Waals surface area (Å²) >= 11 is 0. The predicted molar refractivity (Wildman–Crippen MR) is 160 cm³/mol. The van der Waals surface area contributed by atoms with Crippen LogP contribution in [0.4, 0.5) is 0 Å². The quantitative estimate of drug-likeness (QED) is 0.127. The number of benzene rings is 1. The van der Waals surface area contributed by atoms with Gasteiger partial charge >= 0.3 is 0 Å². The van der Waals surface area contributed by atoms with Gasteiger partial charge in [0.05, 0.1) is 45.9 Å². The second-order valence-corrected chi connectivity index (χ2v) is 9.94. The predicted octanol–water partition coefficient (Wildman–Crippen LogP) is 0.710. The molecule has 0 fully saturated rings. The number of nitrogens with one attached hydrogen (secondary N) is 4.